The number of hydrogen-bond donors (Lipinski definition) is 0. The van der Waals surface area contributed by atoms with Gasteiger partial charge in [-0.05, 0) is 106 Å². The predicted octanol–water partition coefficient (Wildman–Crippen LogP) is 7.47. The minimum absolute atomic E-state index is 0.369. The van der Waals surface area contributed by atoms with Gasteiger partial charge in [0.05, 0.1) is 11.5 Å². The average Bonchev–Trinajstić information content (AvgIpc) is 2.68. The van der Waals surface area contributed by atoms with Gasteiger partial charge in [0.2, 0.25) is 0 Å². The average molecular weight is 518 g/mol. The van der Waals surface area contributed by atoms with Crippen molar-refractivity contribution in [2.24, 2.45) is 5.92 Å². The molecule has 29 heavy (non-hydrogen) atoms. The topological polar surface area (TPSA) is 27.0 Å². The van der Waals surface area contributed by atoms with E-state index in [1.54, 1.807) is 0 Å². The van der Waals surface area contributed by atoms with Crippen LogP contribution < -0.4 is 0 Å². The minimum Gasteiger partial charge on any atom is -0.299 e. The van der Waals surface area contributed by atoms with Crippen molar-refractivity contribution in [1.82, 2.24) is 4.90 Å². The van der Waals surface area contributed by atoms with Crippen molar-refractivity contribution < 1.29 is 0 Å². The Kier molecular flexibility index (Phi) is 8.35. The van der Waals surface area contributed by atoms with Crippen LogP contribution in [0.3, 0.4) is 0 Å². The number of halogens is 2. The first-order chi connectivity index (χ1) is 14.1. The molecule has 0 amide bonds. The van der Waals surface area contributed by atoms with Gasteiger partial charge in [0.15, 0.2) is 0 Å². The molecule has 1 aliphatic rings. The maximum absolute atomic E-state index is 10.3. The van der Waals surface area contributed by atoms with Crippen LogP contribution in [-0.2, 0) is 12.0 Å². The van der Waals surface area contributed by atoms with Crippen LogP contribution in [0.2, 0.25) is 0 Å². The van der Waals surface area contributed by atoms with Gasteiger partial charge >= 0.3 is 0 Å². The number of benzene rings is 2. The van der Waals surface area contributed by atoms with Crippen molar-refractivity contribution in [3.05, 3.63) is 68.6 Å². The molecule has 1 saturated carbocycles. The van der Waals surface area contributed by atoms with Gasteiger partial charge < -0.3 is 0 Å². The summed E-state index contributed by atoms with van der Waals surface area (Å²) in [5.41, 5.74) is 2.17. The zero-order chi connectivity index (χ0) is 20.7. The Labute approximate surface area is 192 Å². The molecule has 1 atom stereocenters. The zero-order valence-electron chi connectivity index (χ0n) is 17.2. The van der Waals surface area contributed by atoms with Gasteiger partial charge in [0.25, 0.3) is 0 Å². The number of rotatable bonds is 10. The normalized spacial score (nSPS) is 16.2. The van der Waals surface area contributed by atoms with Gasteiger partial charge in [-0.3, -0.25) is 4.90 Å². The van der Waals surface area contributed by atoms with Gasteiger partial charge in [0, 0.05) is 15.5 Å². The quantitative estimate of drug-likeness (QED) is 0.327. The van der Waals surface area contributed by atoms with E-state index >= 15 is 0 Å². The molecule has 1 aliphatic carbocycles. The minimum atomic E-state index is -0.369. The van der Waals surface area contributed by atoms with Crippen LogP contribution in [0, 0.1) is 17.2 Å². The zero-order valence-corrected chi connectivity index (χ0v) is 20.4. The van der Waals surface area contributed by atoms with E-state index in [0.29, 0.717) is 5.92 Å². The summed E-state index contributed by atoms with van der Waals surface area (Å²) in [6.45, 7) is 5.37. The third-order valence-electron chi connectivity index (χ3n) is 6.27. The van der Waals surface area contributed by atoms with Crippen molar-refractivity contribution >= 4 is 31.9 Å². The molecule has 154 valence electrons. The highest BCUT2D eigenvalue weighted by molar-refractivity contribution is 9.13. The van der Waals surface area contributed by atoms with E-state index in [1.165, 1.54) is 30.4 Å². The molecule has 2 nitrogen and oxygen atoms in total. The van der Waals surface area contributed by atoms with Crippen LogP contribution in [0.1, 0.15) is 56.6 Å². The molecular formula is C25H30Br2N2. The molecule has 1 fully saturated rings. The molecule has 4 heteroatoms. The number of nitrogens with zero attached hydrogens (tertiary/aromatic N) is 2. The lowest BCUT2D eigenvalue weighted by Crippen LogP contribution is -2.39. The molecule has 0 bridgehead atoms. The fourth-order valence-electron chi connectivity index (χ4n) is 4.48. The first-order valence-electron chi connectivity index (χ1n) is 10.7. The Morgan fingerprint density at radius 3 is 2.41 bits per heavy atom. The summed E-state index contributed by atoms with van der Waals surface area (Å²) in [4.78, 5) is 2.54. The first-order valence-corrected chi connectivity index (χ1v) is 12.3. The molecule has 0 N–H and O–H groups in total. The largest absolute Gasteiger partial charge is 0.299 e. The summed E-state index contributed by atoms with van der Waals surface area (Å²) in [6.07, 6.45) is 6.72. The Bertz CT molecular complexity index is 826. The fourth-order valence-corrected chi connectivity index (χ4v) is 5.11. The van der Waals surface area contributed by atoms with Crippen LogP contribution >= 0.6 is 31.9 Å². The molecule has 1 unspecified atom stereocenters. The van der Waals surface area contributed by atoms with Crippen molar-refractivity contribution in [3.63, 3.8) is 0 Å². The maximum Gasteiger partial charge on any atom is 0.0851 e. The fraction of sp³-hybridized carbons (Fsp3) is 0.480. The highest BCUT2D eigenvalue weighted by Crippen LogP contribution is 2.47. The Morgan fingerprint density at radius 1 is 1.07 bits per heavy atom. The second-order valence-electron chi connectivity index (χ2n) is 8.21. The summed E-state index contributed by atoms with van der Waals surface area (Å²) < 4.78 is 2.07. The second kappa shape index (κ2) is 10.8. The molecule has 0 heterocycles. The molecule has 0 spiro atoms. The summed E-state index contributed by atoms with van der Waals surface area (Å²) >= 11 is 7.21. The monoisotopic (exact) mass is 516 g/mol. The van der Waals surface area contributed by atoms with Crippen molar-refractivity contribution in [2.45, 2.75) is 57.4 Å². The number of nitriles is 1. The van der Waals surface area contributed by atoms with Crippen LogP contribution in [0.15, 0.2) is 57.5 Å². The van der Waals surface area contributed by atoms with Gasteiger partial charge in [-0.25, -0.2) is 0 Å². The standard InChI is InChI=1S/C25H30Br2N2/c1-2-15-29(18-20-8-4-3-5-9-20)16-7-14-25(19-28,21-10-6-11-21)22-12-13-23(26)24(27)17-22/h3-5,8-9,12-13,17,21H,2,6-7,10-11,14-16,18H2,1H3. The van der Waals surface area contributed by atoms with Crippen molar-refractivity contribution in [2.75, 3.05) is 13.1 Å². The van der Waals surface area contributed by atoms with E-state index < -0.39 is 0 Å². The second-order valence-corrected chi connectivity index (χ2v) is 9.91. The Morgan fingerprint density at radius 2 is 1.83 bits per heavy atom. The van der Waals surface area contributed by atoms with Gasteiger partial charge in [-0.1, -0.05) is 49.7 Å². The smallest absolute Gasteiger partial charge is 0.0851 e. The SMILES string of the molecule is CCCN(CCCC(C#N)(c1ccc(Br)c(Br)c1)C1CCC1)Cc1ccccc1. The predicted molar refractivity (Wildman–Crippen MR) is 128 cm³/mol. The van der Waals surface area contributed by atoms with E-state index in [0.717, 1.165) is 47.8 Å². The van der Waals surface area contributed by atoms with Crippen LogP contribution in [0.5, 0.6) is 0 Å². The van der Waals surface area contributed by atoms with E-state index in [4.69, 9.17) is 0 Å². The third-order valence-corrected chi connectivity index (χ3v) is 8.15. The first kappa shape index (κ1) is 22.5. The highest BCUT2D eigenvalue weighted by atomic mass is 79.9. The summed E-state index contributed by atoms with van der Waals surface area (Å²) in [7, 11) is 0. The molecule has 2 aromatic rings. The summed E-state index contributed by atoms with van der Waals surface area (Å²) in [5, 5.41) is 10.3. The lowest BCUT2D eigenvalue weighted by molar-refractivity contribution is 0.182. The van der Waals surface area contributed by atoms with Gasteiger partial charge in [-0.15, -0.1) is 0 Å². The molecule has 0 aromatic heterocycles. The van der Waals surface area contributed by atoms with E-state index in [9.17, 15) is 5.26 Å². The van der Waals surface area contributed by atoms with Gasteiger partial charge in [0.1, 0.15) is 0 Å². The summed E-state index contributed by atoms with van der Waals surface area (Å²) in [6, 6.07) is 19.9. The van der Waals surface area contributed by atoms with Crippen LogP contribution in [0.4, 0.5) is 0 Å². The molecule has 0 radical (unpaired) electrons. The molecule has 0 aliphatic heterocycles. The maximum atomic E-state index is 10.3. The van der Waals surface area contributed by atoms with Crippen LogP contribution in [-0.4, -0.2) is 18.0 Å². The molecular weight excluding hydrogens is 488 g/mol. The number of hydrogen-bond acceptors (Lipinski definition) is 2. The Hall–Kier alpha value is -1.15. The third kappa shape index (κ3) is 5.51. The van der Waals surface area contributed by atoms with Crippen molar-refractivity contribution in [1.29, 1.82) is 5.26 Å². The van der Waals surface area contributed by atoms with E-state index in [1.807, 2.05) is 0 Å². The van der Waals surface area contributed by atoms with E-state index in [2.05, 4.69) is 98.3 Å². The molecule has 0 saturated heterocycles. The highest BCUT2D eigenvalue weighted by Gasteiger charge is 2.43. The Balaban J connectivity index is 1.72. The summed E-state index contributed by atoms with van der Waals surface area (Å²) in [5.74, 6) is 0.481. The molecule has 3 rings (SSSR count). The van der Waals surface area contributed by atoms with E-state index in [-0.39, 0.29) is 5.41 Å². The molecule has 2 aromatic carbocycles. The lowest BCUT2D eigenvalue weighted by atomic mass is 9.61. The lowest BCUT2D eigenvalue weighted by Gasteiger charge is -2.41. The van der Waals surface area contributed by atoms with Crippen molar-refractivity contribution in [3.8, 4) is 6.07 Å². The van der Waals surface area contributed by atoms with Gasteiger partial charge in [-0.2, -0.15) is 5.26 Å². The van der Waals surface area contributed by atoms with Crippen LogP contribution in [0.25, 0.3) is 0 Å².